The first kappa shape index (κ1) is 22.5. The lowest BCUT2D eigenvalue weighted by Crippen LogP contribution is -2.37. The lowest BCUT2D eigenvalue weighted by Gasteiger charge is -2.37. The van der Waals surface area contributed by atoms with E-state index in [1.54, 1.807) is 24.3 Å². The summed E-state index contributed by atoms with van der Waals surface area (Å²) in [5, 5.41) is 3.77. The number of nitrogens with zero attached hydrogens (tertiary/aromatic N) is 1. The third-order valence-electron chi connectivity index (χ3n) is 5.76. The summed E-state index contributed by atoms with van der Waals surface area (Å²) in [6.45, 7) is 3.24. The summed E-state index contributed by atoms with van der Waals surface area (Å²) >= 11 is 1.51. The van der Waals surface area contributed by atoms with Crippen LogP contribution in [0.4, 0.5) is 13.8 Å². The maximum atomic E-state index is 12.7. The van der Waals surface area contributed by atoms with Crippen molar-refractivity contribution in [1.82, 2.24) is 4.90 Å². The van der Waals surface area contributed by atoms with Crippen molar-refractivity contribution < 1.29 is 22.7 Å². The number of benzene rings is 1. The number of halogens is 2. The SMILES string of the molecule is Cc1cc([C@H](c2ccc(OC(F)F)cc2)N2CCC(C)CC2)c(NC(=O)c2ccco2)s1. The van der Waals surface area contributed by atoms with Crippen LogP contribution in [0.2, 0.25) is 0 Å². The predicted molar refractivity (Wildman–Crippen MR) is 121 cm³/mol. The molecule has 1 amide bonds. The fraction of sp³-hybridized carbons (Fsp3) is 0.375. The van der Waals surface area contributed by atoms with Gasteiger partial charge in [-0.05, 0) is 74.7 Å². The van der Waals surface area contributed by atoms with E-state index >= 15 is 0 Å². The number of piperidine rings is 1. The predicted octanol–water partition coefficient (Wildman–Crippen LogP) is 6.32. The molecule has 32 heavy (non-hydrogen) atoms. The van der Waals surface area contributed by atoms with Crippen LogP contribution in [0.3, 0.4) is 0 Å². The number of furan rings is 1. The van der Waals surface area contributed by atoms with Gasteiger partial charge >= 0.3 is 6.61 Å². The van der Waals surface area contributed by atoms with Gasteiger partial charge in [0.05, 0.1) is 12.3 Å². The number of likely N-dealkylation sites (tertiary alicyclic amines) is 1. The van der Waals surface area contributed by atoms with Gasteiger partial charge in [0, 0.05) is 10.4 Å². The zero-order chi connectivity index (χ0) is 22.7. The Kier molecular flexibility index (Phi) is 6.91. The number of nitrogens with one attached hydrogen (secondary N) is 1. The van der Waals surface area contributed by atoms with Crippen LogP contribution >= 0.6 is 11.3 Å². The Morgan fingerprint density at radius 3 is 2.56 bits per heavy atom. The van der Waals surface area contributed by atoms with Crippen LogP contribution in [-0.2, 0) is 0 Å². The molecule has 0 aliphatic carbocycles. The summed E-state index contributed by atoms with van der Waals surface area (Å²) in [5.41, 5.74) is 1.96. The van der Waals surface area contributed by atoms with Gasteiger partial charge in [-0.15, -0.1) is 11.3 Å². The average molecular weight is 461 g/mol. The number of hydrogen-bond acceptors (Lipinski definition) is 5. The van der Waals surface area contributed by atoms with Crippen LogP contribution in [0.15, 0.2) is 53.1 Å². The molecule has 1 aromatic carbocycles. The molecule has 1 atom stereocenters. The third kappa shape index (κ3) is 5.19. The zero-order valence-corrected chi connectivity index (χ0v) is 18.8. The minimum Gasteiger partial charge on any atom is -0.459 e. The molecular formula is C24H26F2N2O3S. The van der Waals surface area contributed by atoms with E-state index in [0.29, 0.717) is 5.92 Å². The van der Waals surface area contributed by atoms with Crippen LogP contribution in [0.25, 0.3) is 0 Å². The van der Waals surface area contributed by atoms with Gasteiger partial charge in [0.1, 0.15) is 10.8 Å². The second-order valence-electron chi connectivity index (χ2n) is 8.14. The molecule has 0 radical (unpaired) electrons. The van der Waals surface area contributed by atoms with E-state index < -0.39 is 6.61 Å². The molecule has 2 aromatic heterocycles. The summed E-state index contributed by atoms with van der Waals surface area (Å²) in [6.07, 6.45) is 3.64. The van der Waals surface area contributed by atoms with Gasteiger partial charge in [0.2, 0.25) is 0 Å². The molecular weight excluding hydrogens is 434 g/mol. The van der Waals surface area contributed by atoms with Gasteiger partial charge in [0.15, 0.2) is 5.76 Å². The van der Waals surface area contributed by atoms with Gasteiger partial charge in [0.25, 0.3) is 5.91 Å². The van der Waals surface area contributed by atoms with Crippen molar-refractivity contribution in [2.24, 2.45) is 5.92 Å². The summed E-state index contributed by atoms with van der Waals surface area (Å²) < 4.78 is 34.9. The molecule has 0 spiro atoms. The minimum atomic E-state index is -2.86. The summed E-state index contributed by atoms with van der Waals surface area (Å²) in [4.78, 5) is 16.1. The van der Waals surface area contributed by atoms with Gasteiger partial charge in [-0.3, -0.25) is 9.69 Å². The Morgan fingerprint density at radius 2 is 1.94 bits per heavy atom. The highest BCUT2D eigenvalue weighted by Crippen LogP contribution is 2.41. The van der Waals surface area contributed by atoms with E-state index in [1.807, 2.05) is 19.1 Å². The molecule has 0 bridgehead atoms. The molecule has 1 N–H and O–H groups in total. The van der Waals surface area contributed by atoms with Crippen LogP contribution in [0.1, 0.15) is 52.4 Å². The summed E-state index contributed by atoms with van der Waals surface area (Å²) in [7, 11) is 0. The first-order valence-corrected chi connectivity index (χ1v) is 11.5. The van der Waals surface area contributed by atoms with Crippen molar-refractivity contribution in [3.63, 3.8) is 0 Å². The Morgan fingerprint density at radius 1 is 1.22 bits per heavy atom. The molecule has 0 unspecified atom stereocenters. The van der Waals surface area contributed by atoms with Crippen molar-refractivity contribution >= 4 is 22.2 Å². The van der Waals surface area contributed by atoms with E-state index in [0.717, 1.165) is 46.9 Å². The van der Waals surface area contributed by atoms with E-state index in [9.17, 15) is 13.6 Å². The van der Waals surface area contributed by atoms with E-state index in [-0.39, 0.29) is 23.5 Å². The van der Waals surface area contributed by atoms with Crippen LogP contribution < -0.4 is 10.1 Å². The normalized spacial score (nSPS) is 16.3. The largest absolute Gasteiger partial charge is 0.459 e. The van der Waals surface area contributed by atoms with Gasteiger partial charge in [-0.25, -0.2) is 0 Å². The number of aryl methyl sites for hydroxylation is 1. The van der Waals surface area contributed by atoms with Gasteiger partial charge in [-0.1, -0.05) is 19.1 Å². The number of carbonyl (C=O) groups is 1. The number of ether oxygens (including phenoxy) is 1. The second-order valence-corrected chi connectivity index (χ2v) is 9.40. The van der Waals surface area contributed by atoms with E-state index in [4.69, 9.17) is 4.42 Å². The second kappa shape index (κ2) is 9.83. The Balaban J connectivity index is 1.68. The summed E-state index contributed by atoms with van der Waals surface area (Å²) in [5.74, 6) is 0.738. The quantitative estimate of drug-likeness (QED) is 0.448. The molecule has 170 valence electrons. The number of alkyl halides is 2. The third-order valence-corrected chi connectivity index (χ3v) is 6.74. The first-order valence-electron chi connectivity index (χ1n) is 10.6. The fourth-order valence-corrected chi connectivity index (χ4v) is 5.05. The molecule has 1 aliphatic rings. The van der Waals surface area contributed by atoms with Crippen molar-refractivity contribution in [1.29, 1.82) is 0 Å². The van der Waals surface area contributed by atoms with Gasteiger partial charge in [-0.2, -0.15) is 8.78 Å². The number of anilines is 1. The minimum absolute atomic E-state index is 0.111. The molecule has 3 aromatic rings. The molecule has 5 nitrogen and oxygen atoms in total. The molecule has 1 aliphatic heterocycles. The molecule has 1 saturated heterocycles. The molecule has 3 heterocycles. The smallest absolute Gasteiger partial charge is 0.387 e. The maximum Gasteiger partial charge on any atom is 0.387 e. The molecule has 0 saturated carbocycles. The standard InChI is InChI=1S/C24H26F2N2O3S/c1-15-9-11-28(12-10-15)21(17-5-7-18(8-6-17)31-24(25)26)19-14-16(2)32-23(19)27-22(29)20-4-3-13-30-20/h3-8,13-15,21,24H,9-12H2,1-2H3,(H,27,29)/t21-/m0/s1. The Labute approximate surface area is 190 Å². The Bertz CT molecular complexity index is 1030. The first-order chi connectivity index (χ1) is 15.4. The van der Waals surface area contributed by atoms with Crippen LogP contribution in [0.5, 0.6) is 5.75 Å². The van der Waals surface area contributed by atoms with E-state index in [2.05, 4.69) is 27.9 Å². The van der Waals surface area contributed by atoms with E-state index in [1.165, 1.54) is 17.6 Å². The fourth-order valence-electron chi connectivity index (χ4n) is 4.11. The number of carbonyl (C=O) groups excluding carboxylic acids is 1. The van der Waals surface area contributed by atoms with Crippen molar-refractivity contribution in [2.75, 3.05) is 18.4 Å². The number of thiophene rings is 1. The summed E-state index contributed by atoms with van der Waals surface area (Å²) in [6, 6.07) is 12.1. The van der Waals surface area contributed by atoms with Crippen molar-refractivity contribution in [3.8, 4) is 5.75 Å². The average Bonchev–Trinajstić information content (AvgIpc) is 3.41. The van der Waals surface area contributed by atoms with Crippen molar-refractivity contribution in [2.45, 2.75) is 39.3 Å². The Hall–Kier alpha value is -2.71. The molecule has 4 rings (SSSR count). The van der Waals surface area contributed by atoms with Crippen LogP contribution in [0, 0.1) is 12.8 Å². The van der Waals surface area contributed by atoms with Gasteiger partial charge < -0.3 is 14.5 Å². The van der Waals surface area contributed by atoms with Crippen LogP contribution in [-0.4, -0.2) is 30.5 Å². The van der Waals surface area contributed by atoms with Crippen molar-refractivity contribution in [3.05, 3.63) is 70.5 Å². The molecule has 8 heteroatoms. The lowest BCUT2D eigenvalue weighted by atomic mass is 9.92. The monoisotopic (exact) mass is 460 g/mol. The lowest BCUT2D eigenvalue weighted by molar-refractivity contribution is -0.0498. The maximum absolute atomic E-state index is 12.7. The highest BCUT2D eigenvalue weighted by Gasteiger charge is 2.30. The number of hydrogen-bond donors (Lipinski definition) is 1. The highest BCUT2D eigenvalue weighted by atomic mass is 32.1. The number of rotatable bonds is 7. The topological polar surface area (TPSA) is 54.7 Å². The molecule has 1 fully saturated rings. The highest BCUT2D eigenvalue weighted by molar-refractivity contribution is 7.16. The zero-order valence-electron chi connectivity index (χ0n) is 18.0. The number of amides is 1.